The normalized spacial score (nSPS) is 13.5. The van der Waals surface area contributed by atoms with Gasteiger partial charge in [0, 0.05) is 0 Å². The van der Waals surface area contributed by atoms with E-state index in [-0.39, 0.29) is 6.04 Å². The molecule has 0 spiro atoms. The van der Waals surface area contributed by atoms with Gasteiger partial charge in [-0.25, -0.2) is 0 Å². The minimum Gasteiger partial charge on any atom is -0.337 e. The maximum absolute atomic E-state index is 5.59. The van der Waals surface area contributed by atoms with Gasteiger partial charge >= 0.3 is 0 Å². The van der Waals surface area contributed by atoms with E-state index < -0.39 is 0 Å². The van der Waals surface area contributed by atoms with Crippen molar-refractivity contribution in [1.29, 1.82) is 0 Å². The smallest absolute Gasteiger partial charge is 0.244 e. The van der Waals surface area contributed by atoms with Crippen LogP contribution in [0.25, 0.3) is 0 Å². The highest BCUT2D eigenvalue weighted by Crippen LogP contribution is 2.12. The average Bonchev–Trinajstić information content (AvgIpc) is 2.34. The highest BCUT2D eigenvalue weighted by atomic mass is 79.9. The molecule has 0 aromatic carbocycles. The first-order valence-electron chi connectivity index (χ1n) is 2.98. The molecule has 0 amide bonds. The lowest BCUT2D eigenvalue weighted by Gasteiger charge is -1.98. The van der Waals surface area contributed by atoms with E-state index in [2.05, 4.69) is 26.1 Å². The number of nitrogens with zero attached hydrogens (tertiary/aromatic N) is 2. The van der Waals surface area contributed by atoms with Gasteiger partial charge in [-0.3, -0.25) is 0 Å². The summed E-state index contributed by atoms with van der Waals surface area (Å²) in [6.07, 6.45) is 0.800. The molecule has 1 aromatic rings. The van der Waals surface area contributed by atoms with Gasteiger partial charge in [-0.1, -0.05) is 6.92 Å². The molecular formula is C5H8BrN3O. The Hall–Kier alpha value is -0.420. The van der Waals surface area contributed by atoms with Crippen LogP contribution in [0.2, 0.25) is 0 Å². The van der Waals surface area contributed by atoms with Gasteiger partial charge in [0.15, 0.2) is 0 Å². The lowest BCUT2D eigenvalue weighted by atomic mass is 10.2. The third-order valence-electron chi connectivity index (χ3n) is 1.17. The number of aromatic nitrogens is 2. The lowest BCUT2D eigenvalue weighted by molar-refractivity contribution is 0.349. The van der Waals surface area contributed by atoms with E-state index in [9.17, 15) is 0 Å². The van der Waals surface area contributed by atoms with E-state index >= 15 is 0 Å². The van der Waals surface area contributed by atoms with Crippen LogP contribution in [0.3, 0.4) is 0 Å². The van der Waals surface area contributed by atoms with Crippen molar-refractivity contribution in [3.63, 3.8) is 0 Å². The monoisotopic (exact) mass is 205 g/mol. The largest absolute Gasteiger partial charge is 0.337 e. The van der Waals surface area contributed by atoms with Crippen molar-refractivity contribution in [1.82, 2.24) is 10.1 Å². The van der Waals surface area contributed by atoms with Crippen LogP contribution in [0.5, 0.6) is 0 Å². The Kier molecular flexibility index (Phi) is 2.39. The summed E-state index contributed by atoms with van der Waals surface area (Å²) >= 11 is 3.06. The van der Waals surface area contributed by atoms with E-state index in [0.29, 0.717) is 10.6 Å². The van der Waals surface area contributed by atoms with Crippen molar-refractivity contribution in [3.05, 3.63) is 10.6 Å². The summed E-state index contributed by atoms with van der Waals surface area (Å²) in [7, 11) is 0. The molecule has 0 fully saturated rings. The molecule has 56 valence electrons. The molecule has 1 heterocycles. The molecule has 10 heavy (non-hydrogen) atoms. The van der Waals surface area contributed by atoms with Gasteiger partial charge in [0.25, 0.3) is 0 Å². The van der Waals surface area contributed by atoms with Gasteiger partial charge in [0.2, 0.25) is 10.6 Å². The number of halogens is 1. The highest BCUT2D eigenvalue weighted by molar-refractivity contribution is 9.10. The Morgan fingerprint density at radius 1 is 1.80 bits per heavy atom. The summed E-state index contributed by atoms with van der Waals surface area (Å²) in [5, 5.41) is 3.54. The fourth-order valence-electron chi connectivity index (χ4n) is 0.541. The minimum atomic E-state index is -0.140. The lowest BCUT2D eigenvalue weighted by Crippen LogP contribution is -2.08. The van der Waals surface area contributed by atoms with Gasteiger partial charge in [-0.05, 0) is 27.5 Å². The van der Waals surface area contributed by atoms with Crippen molar-refractivity contribution in [3.8, 4) is 0 Å². The van der Waals surface area contributed by atoms with Crippen LogP contribution in [0, 0.1) is 0 Å². The third kappa shape index (κ3) is 1.54. The molecule has 0 aliphatic rings. The number of hydrogen-bond donors (Lipinski definition) is 1. The Bertz CT molecular complexity index is 212. The van der Waals surface area contributed by atoms with Crippen molar-refractivity contribution in [2.45, 2.75) is 19.4 Å². The number of hydrogen-bond acceptors (Lipinski definition) is 4. The fourth-order valence-corrected chi connectivity index (χ4v) is 0.789. The molecule has 0 radical (unpaired) electrons. The zero-order valence-electron chi connectivity index (χ0n) is 5.54. The molecular weight excluding hydrogens is 198 g/mol. The SMILES string of the molecule is CCC(N)c1nc(Br)no1. The fraction of sp³-hybridized carbons (Fsp3) is 0.600. The van der Waals surface area contributed by atoms with Crippen LogP contribution in [-0.2, 0) is 0 Å². The zero-order chi connectivity index (χ0) is 7.56. The summed E-state index contributed by atoms with van der Waals surface area (Å²) in [6.45, 7) is 1.96. The second-order valence-electron chi connectivity index (χ2n) is 1.92. The first kappa shape index (κ1) is 7.68. The average molecular weight is 206 g/mol. The molecule has 0 saturated carbocycles. The van der Waals surface area contributed by atoms with Crippen molar-refractivity contribution in [2.24, 2.45) is 5.73 Å². The number of nitrogens with two attached hydrogens (primary N) is 1. The third-order valence-corrected chi connectivity index (χ3v) is 1.50. The van der Waals surface area contributed by atoms with E-state index in [1.54, 1.807) is 0 Å². The summed E-state index contributed by atoms with van der Waals surface area (Å²) in [6, 6.07) is -0.140. The second-order valence-corrected chi connectivity index (χ2v) is 2.63. The predicted molar refractivity (Wildman–Crippen MR) is 39.2 cm³/mol. The Balaban J connectivity index is 2.74. The molecule has 5 heteroatoms. The Morgan fingerprint density at radius 2 is 2.50 bits per heavy atom. The molecule has 2 N–H and O–H groups in total. The van der Waals surface area contributed by atoms with Crippen LogP contribution < -0.4 is 5.73 Å². The highest BCUT2D eigenvalue weighted by Gasteiger charge is 2.10. The molecule has 1 aromatic heterocycles. The molecule has 0 aliphatic heterocycles. The van der Waals surface area contributed by atoms with Crippen LogP contribution in [0.4, 0.5) is 0 Å². The Labute approximate surface area is 66.9 Å². The van der Waals surface area contributed by atoms with E-state index in [0.717, 1.165) is 6.42 Å². The molecule has 0 saturated heterocycles. The second kappa shape index (κ2) is 3.12. The molecule has 1 unspecified atom stereocenters. The van der Waals surface area contributed by atoms with Crippen LogP contribution in [0.15, 0.2) is 9.26 Å². The van der Waals surface area contributed by atoms with Gasteiger partial charge in [-0.15, -0.1) is 0 Å². The summed E-state index contributed by atoms with van der Waals surface area (Å²) < 4.78 is 5.23. The van der Waals surface area contributed by atoms with Gasteiger partial charge in [-0.2, -0.15) is 4.98 Å². The van der Waals surface area contributed by atoms with Gasteiger partial charge < -0.3 is 10.3 Å². The van der Waals surface area contributed by atoms with Gasteiger partial charge in [0.05, 0.1) is 6.04 Å². The van der Waals surface area contributed by atoms with Crippen LogP contribution >= 0.6 is 15.9 Å². The van der Waals surface area contributed by atoms with E-state index in [1.807, 2.05) is 6.92 Å². The zero-order valence-corrected chi connectivity index (χ0v) is 7.13. The molecule has 4 nitrogen and oxygen atoms in total. The summed E-state index contributed by atoms with van der Waals surface area (Å²) in [4.78, 5) is 3.90. The van der Waals surface area contributed by atoms with Crippen molar-refractivity contribution < 1.29 is 4.52 Å². The molecule has 0 aliphatic carbocycles. The molecule has 1 rings (SSSR count). The van der Waals surface area contributed by atoms with Crippen molar-refractivity contribution >= 4 is 15.9 Å². The molecule has 0 bridgehead atoms. The van der Waals surface area contributed by atoms with Crippen LogP contribution in [0.1, 0.15) is 25.3 Å². The topological polar surface area (TPSA) is 64.9 Å². The standard InChI is InChI=1S/C5H8BrN3O/c1-2-3(7)4-8-5(6)9-10-4/h3H,2,7H2,1H3. The molecule has 1 atom stereocenters. The van der Waals surface area contributed by atoms with Crippen LogP contribution in [-0.4, -0.2) is 10.1 Å². The quantitative estimate of drug-likeness (QED) is 0.790. The predicted octanol–water partition coefficient (Wildman–Crippen LogP) is 1.24. The summed E-state index contributed by atoms with van der Waals surface area (Å²) in [5.41, 5.74) is 5.59. The van der Waals surface area contributed by atoms with E-state index in [1.165, 1.54) is 0 Å². The maximum atomic E-state index is 5.59. The maximum Gasteiger partial charge on any atom is 0.244 e. The summed E-state index contributed by atoms with van der Waals surface area (Å²) in [5.74, 6) is 0.481. The Morgan fingerprint density at radius 3 is 2.90 bits per heavy atom. The number of rotatable bonds is 2. The van der Waals surface area contributed by atoms with Crippen molar-refractivity contribution in [2.75, 3.05) is 0 Å². The van der Waals surface area contributed by atoms with Gasteiger partial charge in [0.1, 0.15) is 0 Å². The first-order chi connectivity index (χ1) is 4.74. The minimum absolute atomic E-state index is 0.140. The van der Waals surface area contributed by atoms with E-state index in [4.69, 9.17) is 10.3 Å². The first-order valence-corrected chi connectivity index (χ1v) is 3.78.